The van der Waals surface area contributed by atoms with Gasteiger partial charge in [-0.3, -0.25) is 0 Å². The topological polar surface area (TPSA) is 21.3 Å². The molecule has 132 valence electrons. The molecular weight excluding hydrogens is 270 g/mol. The van der Waals surface area contributed by atoms with Crippen LogP contribution in [-0.4, -0.2) is 25.8 Å². The van der Waals surface area contributed by atoms with Gasteiger partial charge in [0, 0.05) is 19.3 Å². The van der Waals surface area contributed by atoms with Crippen molar-refractivity contribution in [2.75, 3.05) is 19.8 Å². The monoisotopic (exact) mass is 311 g/mol. The summed E-state index contributed by atoms with van der Waals surface area (Å²) in [6.07, 6.45) is 18.0. The van der Waals surface area contributed by atoms with Gasteiger partial charge in [-0.1, -0.05) is 71.6 Å². The predicted octanol–water partition coefficient (Wildman–Crippen LogP) is 5.70. The van der Waals surface area contributed by atoms with E-state index in [1.807, 2.05) is 0 Å². The van der Waals surface area contributed by atoms with E-state index in [1.54, 1.807) is 0 Å². The van der Waals surface area contributed by atoms with Gasteiger partial charge in [-0.05, 0) is 38.1 Å². The lowest BCUT2D eigenvalue weighted by Crippen LogP contribution is -2.37. The van der Waals surface area contributed by atoms with Crippen molar-refractivity contribution in [3.8, 4) is 0 Å². The lowest BCUT2D eigenvalue weighted by atomic mass is 9.93. The molecule has 1 N–H and O–H groups in total. The zero-order chi connectivity index (χ0) is 15.9. The van der Waals surface area contributed by atoms with E-state index < -0.39 is 0 Å². The highest BCUT2D eigenvalue weighted by molar-refractivity contribution is 4.73. The predicted molar refractivity (Wildman–Crippen MR) is 97.5 cm³/mol. The van der Waals surface area contributed by atoms with Crippen molar-refractivity contribution in [3.05, 3.63) is 0 Å². The summed E-state index contributed by atoms with van der Waals surface area (Å²) in [5, 5.41) is 3.83. The lowest BCUT2D eigenvalue weighted by molar-refractivity contribution is 0.0766. The van der Waals surface area contributed by atoms with E-state index in [9.17, 15) is 0 Å². The molecule has 2 heteroatoms. The molecule has 1 aliphatic rings. The van der Waals surface area contributed by atoms with Gasteiger partial charge in [-0.25, -0.2) is 0 Å². The van der Waals surface area contributed by atoms with Gasteiger partial charge in [0.25, 0.3) is 0 Å². The highest BCUT2D eigenvalue weighted by atomic mass is 16.5. The Balaban J connectivity index is 2.16. The van der Waals surface area contributed by atoms with Crippen LogP contribution in [0.2, 0.25) is 0 Å². The highest BCUT2D eigenvalue weighted by Gasteiger charge is 2.15. The SMILES string of the molecule is CCCCCCCC(CCCCCC)CNC1CCOCC1. The molecule has 1 heterocycles. The first-order chi connectivity index (χ1) is 10.9. The van der Waals surface area contributed by atoms with Crippen LogP contribution in [0.15, 0.2) is 0 Å². The van der Waals surface area contributed by atoms with Crippen molar-refractivity contribution in [1.82, 2.24) is 5.32 Å². The number of hydrogen-bond acceptors (Lipinski definition) is 2. The van der Waals surface area contributed by atoms with Crippen LogP contribution in [0.3, 0.4) is 0 Å². The standard InChI is InChI=1S/C20H41NO/c1-3-5-7-9-11-13-19(12-10-8-6-4-2)18-21-20-14-16-22-17-15-20/h19-21H,3-18H2,1-2H3. The highest BCUT2D eigenvalue weighted by Crippen LogP contribution is 2.19. The van der Waals surface area contributed by atoms with Crippen molar-refractivity contribution in [2.45, 2.75) is 103 Å². The van der Waals surface area contributed by atoms with Crippen LogP contribution in [0.25, 0.3) is 0 Å². The van der Waals surface area contributed by atoms with Gasteiger partial charge < -0.3 is 10.1 Å². The van der Waals surface area contributed by atoms with Crippen LogP contribution >= 0.6 is 0 Å². The van der Waals surface area contributed by atoms with E-state index in [0.29, 0.717) is 6.04 Å². The van der Waals surface area contributed by atoms with Crippen LogP contribution in [0.4, 0.5) is 0 Å². The summed E-state index contributed by atoms with van der Waals surface area (Å²) < 4.78 is 5.46. The minimum atomic E-state index is 0.715. The number of unbranched alkanes of at least 4 members (excludes halogenated alkanes) is 7. The summed E-state index contributed by atoms with van der Waals surface area (Å²) in [6, 6.07) is 0.715. The van der Waals surface area contributed by atoms with Crippen molar-refractivity contribution in [2.24, 2.45) is 5.92 Å². The molecule has 0 saturated carbocycles. The Labute approximate surface area is 139 Å². The van der Waals surface area contributed by atoms with E-state index in [-0.39, 0.29) is 0 Å². The Bertz CT molecular complexity index is 226. The first-order valence-corrected chi connectivity index (χ1v) is 10.2. The maximum Gasteiger partial charge on any atom is 0.0480 e. The van der Waals surface area contributed by atoms with Crippen LogP contribution < -0.4 is 5.32 Å². The quantitative estimate of drug-likeness (QED) is 0.415. The first-order valence-electron chi connectivity index (χ1n) is 10.2. The van der Waals surface area contributed by atoms with Gasteiger partial charge >= 0.3 is 0 Å². The molecule has 0 radical (unpaired) electrons. The number of nitrogens with one attached hydrogen (secondary N) is 1. The zero-order valence-electron chi connectivity index (χ0n) is 15.4. The summed E-state index contributed by atoms with van der Waals surface area (Å²) in [5.41, 5.74) is 0. The summed E-state index contributed by atoms with van der Waals surface area (Å²) in [6.45, 7) is 7.75. The molecule has 0 amide bonds. The van der Waals surface area contributed by atoms with Crippen LogP contribution in [0.1, 0.15) is 97.3 Å². The van der Waals surface area contributed by atoms with Gasteiger partial charge in [-0.15, -0.1) is 0 Å². The van der Waals surface area contributed by atoms with E-state index in [2.05, 4.69) is 19.2 Å². The molecule has 0 aromatic rings. The minimum absolute atomic E-state index is 0.715. The molecule has 0 bridgehead atoms. The fourth-order valence-corrected chi connectivity index (χ4v) is 3.48. The molecule has 2 nitrogen and oxygen atoms in total. The molecule has 0 aromatic carbocycles. The molecule has 1 saturated heterocycles. The summed E-state index contributed by atoms with van der Waals surface area (Å²) in [7, 11) is 0. The minimum Gasteiger partial charge on any atom is -0.381 e. The molecular formula is C20H41NO. The maximum atomic E-state index is 5.46. The van der Waals surface area contributed by atoms with Crippen molar-refractivity contribution >= 4 is 0 Å². The van der Waals surface area contributed by atoms with Crippen LogP contribution in [0.5, 0.6) is 0 Å². The number of ether oxygens (including phenoxy) is 1. The van der Waals surface area contributed by atoms with Gasteiger partial charge in [0.15, 0.2) is 0 Å². The van der Waals surface area contributed by atoms with Crippen molar-refractivity contribution in [1.29, 1.82) is 0 Å². The number of rotatable bonds is 14. The first kappa shape index (κ1) is 20.0. The molecule has 1 fully saturated rings. The van der Waals surface area contributed by atoms with E-state index >= 15 is 0 Å². The second kappa shape index (κ2) is 14.5. The van der Waals surface area contributed by atoms with Crippen molar-refractivity contribution in [3.63, 3.8) is 0 Å². The Morgan fingerprint density at radius 1 is 0.818 bits per heavy atom. The van der Waals surface area contributed by atoms with E-state index in [0.717, 1.165) is 19.1 Å². The van der Waals surface area contributed by atoms with E-state index in [4.69, 9.17) is 4.74 Å². The van der Waals surface area contributed by atoms with Crippen LogP contribution in [-0.2, 0) is 4.74 Å². The summed E-state index contributed by atoms with van der Waals surface area (Å²) in [5.74, 6) is 0.904. The van der Waals surface area contributed by atoms with Gasteiger partial charge in [0.1, 0.15) is 0 Å². The zero-order valence-corrected chi connectivity index (χ0v) is 15.4. The third kappa shape index (κ3) is 10.6. The smallest absolute Gasteiger partial charge is 0.0480 e. The molecule has 0 spiro atoms. The average Bonchev–Trinajstić information content (AvgIpc) is 2.56. The Kier molecular flexibility index (Phi) is 13.2. The Morgan fingerprint density at radius 2 is 1.36 bits per heavy atom. The molecule has 0 aromatic heterocycles. The number of hydrogen-bond donors (Lipinski definition) is 1. The van der Waals surface area contributed by atoms with Gasteiger partial charge in [0.2, 0.25) is 0 Å². The summed E-state index contributed by atoms with van der Waals surface area (Å²) in [4.78, 5) is 0. The van der Waals surface area contributed by atoms with E-state index in [1.165, 1.54) is 90.0 Å². The average molecular weight is 312 g/mol. The fourth-order valence-electron chi connectivity index (χ4n) is 3.48. The molecule has 22 heavy (non-hydrogen) atoms. The van der Waals surface area contributed by atoms with Gasteiger partial charge in [-0.2, -0.15) is 0 Å². The Hall–Kier alpha value is -0.0800. The second-order valence-electron chi connectivity index (χ2n) is 7.21. The Morgan fingerprint density at radius 3 is 1.95 bits per heavy atom. The molecule has 1 unspecified atom stereocenters. The second-order valence-corrected chi connectivity index (χ2v) is 7.21. The third-order valence-corrected chi connectivity index (χ3v) is 5.10. The molecule has 1 aliphatic heterocycles. The fraction of sp³-hybridized carbons (Fsp3) is 1.00. The summed E-state index contributed by atoms with van der Waals surface area (Å²) >= 11 is 0. The molecule has 1 atom stereocenters. The molecule has 0 aliphatic carbocycles. The van der Waals surface area contributed by atoms with Crippen molar-refractivity contribution < 1.29 is 4.74 Å². The normalized spacial score (nSPS) is 17.7. The molecule has 1 rings (SSSR count). The maximum absolute atomic E-state index is 5.46. The third-order valence-electron chi connectivity index (χ3n) is 5.10. The van der Waals surface area contributed by atoms with Crippen LogP contribution in [0, 0.1) is 5.92 Å². The lowest BCUT2D eigenvalue weighted by Gasteiger charge is -2.26. The van der Waals surface area contributed by atoms with Gasteiger partial charge in [0.05, 0.1) is 0 Å². The largest absolute Gasteiger partial charge is 0.381 e.